The molecule has 2 fully saturated rings. The van der Waals surface area contributed by atoms with Gasteiger partial charge in [0.1, 0.15) is 0 Å². The number of methoxy groups -OCH3 is 1. The monoisotopic (exact) mass is 267 g/mol. The molecule has 2 rings (SSSR count). The molecule has 110 valence electrons. The molecule has 2 saturated heterocycles. The maximum Gasteiger partial charge on any atom is 0.0966 e. The summed E-state index contributed by atoms with van der Waals surface area (Å²) in [4.78, 5) is 7.33. The molecule has 2 aliphatic rings. The number of rotatable bonds is 6. The van der Waals surface area contributed by atoms with E-state index in [1.807, 2.05) is 0 Å². The lowest BCUT2D eigenvalue weighted by Crippen LogP contribution is -2.30. The summed E-state index contributed by atoms with van der Waals surface area (Å²) >= 11 is 0. The summed E-state index contributed by atoms with van der Waals surface area (Å²) in [7, 11) is 4.00. The van der Waals surface area contributed by atoms with E-state index < -0.39 is 0 Å². The van der Waals surface area contributed by atoms with Crippen LogP contribution in [0.15, 0.2) is 12.4 Å². The Kier molecular flexibility index (Phi) is 5.11. The number of hydrogen-bond acceptors (Lipinski definition) is 4. The number of likely N-dealkylation sites (tertiary alicyclic amines) is 1. The van der Waals surface area contributed by atoms with Crippen LogP contribution in [0.1, 0.15) is 13.3 Å². The number of nitrogens with zero attached hydrogens (tertiary/aromatic N) is 3. The molecular weight excluding hydrogens is 238 g/mol. The second-order valence-electron chi connectivity index (χ2n) is 6.29. The lowest BCUT2D eigenvalue weighted by Gasteiger charge is -2.27. The first-order chi connectivity index (χ1) is 9.10. The van der Waals surface area contributed by atoms with Crippen LogP contribution in [0.2, 0.25) is 0 Å². The molecule has 0 aliphatic carbocycles. The molecule has 4 nitrogen and oxygen atoms in total. The molecule has 4 heteroatoms. The fraction of sp³-hybridized carbons (Fsp3) is 0.867. The molecule has 0 aromatic rings. The quantitative estimate of drug-likeness (QED) is 0.722. The molecule has 2 atom stereocenters. The normalized spacial score (nSPS) is 26.5. The van der Waals surface area contributed by atoms with Crippen molar-refractivity contribution in [3.63, 3.8) is 0 Å². The maximum absolute atomic E-state index is 5.22. The Morgan fingerprint density at radius 3 is 2.68 bits per heavy atom. The zero-order valence-corrected chi connectivity index (χ0v) is 12.8. The Hall–Kier alpha value is -0.740. The van der Waals surface area contributed by atoms with Crippen LogP contribution < -0.4 is 0 Å². The minimum atomic E-state index is 0.569. The molecule has 2 aliphatic heterocycles. The molecule has 2 heterocycles. The van der Waals surface area contributed by atoms with E-state index in [0.717, 1.165) is 32.2 Å². The van der Waals surface area contributed by atoms with E-state index >= 15 is 0 Å². The molecule has 2 unspecified atom stereocenters. The molecule has 0 N–H and O–H groups in total. The molecule has 0 spiro atoms. The van der Waals surface area contributed by atoms with Crippen LogP contribution in [0, 0.1) is 11.8 Å². The minimum absolute atomic E-state index is 0.569. The van der Waals surface area contributed by atoms with E-state index in [1.165, 1.54) is 31.9 Å². The molecule has 0 bridgehead atoms. The predicted octanol–water partition coefficient (Wildman–Crippen LogP) is 1.31. The fourth-order valence-corrected chi connectivity index (χ4v) is 3.29. The van der Waals surface area contributed by atoms with Gasteiger partial charge in [-0.15, -0.1) is 0 Å². The number of ether oxygens (including phenoxy) is 1. The van der Waals surface area contributed by atoms with Crippen LogP contribution in [-0.4, -0.2) is 74.7 Å². The smallest absolute Gasteiger partial charge is 0.0966 e. The van der Waals surface area contributed by atoms with Gasteiger partial charge in [-0.2, -0.15) is 0 Å². The SMILES string of the molecule is C=C1N(CC(C)COC)CCN1CC1CCN(C)C1. The van der Waals surface area contributed by atoms with E-state index in [0.29, 0.717) is 5.92 Å². The van der Waals surface area contributed by atoms with Gasteiger partial charge in [0.15, 0.2) is 0 Å². The highest BCUT2D eigenvalue weighted by molar-refractivity contribution is 5.01. The van der Waals surface area contributed by atoms with E-state index in [2.05, 4.69) is 35.3 Å². The Bertz CT molecular complexity index is 308. The van der Waals surface area contributed by atoms with Crippen molar-refractivity contribution in [3.05, 3.63) is 12.4 Å². The largest absolute Gasteiger partial charge is 0.384 e. The van der Waals surface area contributed by atoms with Gasteiger partial charge in [0.05, 0.1) is 12.4 Å². The van der Waals surface area contributed by atoms with Gasteiger partial charge in [-0.25, -0.2) is 0 Å². The lowest BCUT2D eigenvalue weighted by atomic mass is 10.1. The van der Waals surface area contributed by atoms with Gasteiger partial charge in [-0.3, -0.25) is 0 Å². The van der Waals surface area contributed by atoms with Crippen LogP contribution in [0.5, 0.6) is 0 Å². The average Bonchev–Trinajstić information content (AvgIpc) is 2.90. The first-order valence-electron chi connectivity index (χ1n) is 7.46. The van der Waals surface area contributed by atoms with E-state index in [4.69, 9.17) is 4.74 Å². The summed E-state index contributed by atoms with van der Waals surface area (Å²) in [5, 5.41) is 0. The molecule has 0 radical (unpaired) electrons. The van der Waals surface area contributed by atoms with Gasteiger partial charge >= 0.3 is 0 Å². The summed E-state index contributed by atoms with van der Waals surface area (Å²) in [6.07, 6.45) is 1.33. The molecule has 0 aromatic heterocycles. The van der Waals surface area contributed by atoms with Gasteiger partial charge in [-0.1, -0.05) is 13.5 Å². The first-order valence-corrected chi connectivity index (χ1v) is 7.46. The van der Waals surface area contributed by atoms with Gasteiger partial charge < -0.3 is 19.4 Å². The predicted molar refractivity (Wildman–Crippen MR) is 78.9 cm³/mol. The van der Waals surface area contributed by atoms with E-state index in [1.54, 1.807) is 7.11 Å². The zero-order chi connectivity index (χ0) is 13.8. The minimum Gasteiger partial charge on any atom is -0.384 e. The van der Waals surface area contributed by atoms with Gasteiger partial charge in [-0.05, 0) is 31.8 Å². The Morgan fingerprint density at radius 2 is 2.05 bits per heavy atom. The Labute approximate surface area is 118 Å². The highest BCUT2D eigenvalue weighted by atomic mass is 16.5. The summed E-state index contributed by atoms with van der Waals surface area (Å²) in [6, 6.07) is 0. The van der Waals surface area contributed by atoms with Crippen LogP contribution in [-0.2, 0) is 4.74 Å². The fourth-order valence-electron chi connectivity index (χ4n) is 3.29. The summed E-state index contributed by atoms with van der Waals surface area (Å²) in [5.74, 6) is 2.61. The zero-order valence-electron chi connectivity index (χ0n) is 12.8. The molecule has 0 amide bonds. The third-order valence-electron chi connectivity index (χ3n) is 4.32. The maximum atomic E-state index is 5.22. The summed E-state index contributed by atoms with van der Waals surface area (Å²) in [5.41, 5.74) is 0. The van der Waals surface area contributed by atoms with Crippen molar-refractivity contribution in [2.45, 2.75) is 13.3 Å². The van der Waals surface area contributed by atoms with Gasteiger partial charge in [0, 0.05) is 39.8 Å². The number of hydrogen-bond donors (Lipinski definition) is 0. The molecule has 19 heavy (non-hydrogen) atoms. The summed E-state index contributed by atoms with van der Waals surface area (Å²) in [6.45, 7) is 14.4. The van der Waals surface area contributed by atoms with Crippen molar-refractivity contribution >= 4 is 0 Å². The van der Waals surface area contributed by atoms with Crippen molar-refractivity contribution in [2.75, 3.05) is 60.0 Å². The van der Waals surface area contributed by atoms with E-state index in [-0.39, 0.29) is 0 Å². The molecular formula is C15H29N3O. The van der Waals surface area contributed by atoms with Crippen molar-refractivity contribution in [2.24, 2.45) is 11.8 Å². The summed E-state index contributed by atoms with van der Waals surface area (Å²) < 4.78 is 5.22. The van der Waals surface area contributed by atoms with E-state index in [9.17, 15) is 0 Å². The Balaban J connectivity index is 1.77. The highest BCUT2D eigenvalue weighted by Crippen LogP contribution is 2.23. The van der Waals surface area contributed by atoms with Crippen LogP contribution in [0.4, 0.5) is 0 Å². The van der Waals surface area contributed by atoms with Gasteiger partial charge in [0.2, 0.25) is 0 Å². The molecule has 0 aromatic carbocycles. The van der Waals surface area contributed by atoms with Crippen LogP contribution in [0.25, 0.3) is 0 Å². The van der Waals surface area contributed by atoms with Gasteiger partial charge in [0.25, 0.3) is 0 Å². The second kappa shape index (κ2) is 6.62. The lowest BCUT2D eigenvalue weighted by molar-refractivity contribution is 0.141. The third-order valence-corrected chi connectivity index (χ3v) is 4.32. The van der Waals surface area contributed by atoms with Crippen LogP contribution >= 0.6 is 0 Å². The van der Waals surface area contributed by atoms with Crippen molar-refractivity contribution < 1.29 is 4.74 Å². The highest BCUT2D eigenvalue weighted by Gasteiger charge is 2.28. The second-order valence-corrected chi connectivity index (χ2v) is 6.29. The van der Waals surface area contributed by atoms with Crippen molar-refractivity contribution in [1.82, 2.24) is 14.7 Å². The van der Waals surface area contributed by atoms with Crippen LogP contribution in [0.3, 0.4) is 0 Å². The third kappa shape index (κ3) is 3.86. The van der Waals surface area contributed by atoms with Crippen molar-refractivity contribution in [1.29, 1.82) is 0 Å². The Morgan fingerprint density at radius 1 is 1.32 bits per heavy atom. The standard InChI is InChI=1S/C15H29N3O/c1-13(12-19-4)9-17-7-8-18(14(17)2)11-15-5-6-16(3)10-15/h13,15H,2,5-12H2,1,3-4H3. The average molecular weight is 267 g/mol. The van der Waals surface area contributed by atoms with Crippen molar-refractivity contribution in [3.8, 4) is 0 Å². The topological polar surface area (TPSA) is 19.0 Å². The first kappa shape index (κ1) is 14.7. The molecule has 0 saturated carbocycles.